The number of aromatic nitrogens is 6. The zero-order chi connectivity index (χ0) is 23.3. The van der Waals surface area contributed by atoms with E-state index in [0.717, 1.165) is 5.56 Å². The van der Waals surface area contributed by atoms with Gasteiger partial charge in [0.1, 0.15) is 17.0 Å². The van der Waals surface area contributed by atoms with Crippen molar-refractivity contribution in [2.75, 3.05) is 5.32 Å². The molecule has 10 nitrogen and oxygen atoms in total. The van der Waals surface area contributed by atoms with Crippen molar-refractivity contribution in [2.24, 2.45) is 0 Å². The van der Waals surface area contributed by atoms with Gasteiger partial charge in [0.25, 0.3) is 11.5 Å². The fourth-order valence-electron chi connectivity index (χ4n) is 3.75. The van der Waals surface area contributed by atoms with Crippen molar-refractivity contribution in [1.82, 2.24) is 29.5 Å². The van der Waals surface area contributed by atoms with Gasteiger partial charge in [0.2, 0.25) is 5.95 Å². The minimum Gasteiger partial charge on any atom is -0.324 e. The summed E-state index contributed by atoms with van der Waals surface area (Å²) in [6, 6.07) is 10.1. The van der Waals surface area contributed by atoms with Gasteiger partial charge in [0.15, 0.2) is 5.52 Å². The number of carbonyl (C=O) groups excluding carboxylic acids is 1. The molecular weight excluding hydrogens is 429 g/mol. The quantitative estimate of drug-likeness (QED) is 0.335. The lowest BCUT2D eigenvalue weighted by molar-refractivity contribution is -0.123. The Bertz CT molecular complexity index is 1660. The highest BCUT2D eigenvalue weighted by Crippen LogP contribution is 2.30. The predicted octanol–water partition coefficient (Wildman–Crippen LogP) is 2.47. The number of rotatable bonds is 4. The van der Waals surface area contributed by atoms with Crippen LogP contribution in [0.3, 0.4) is 0 Å². The number of H-pyrrole nitrogens is 3. The van der Waals surface area contributed by atoms with E-state index in [1.54, 1.807) is 38.2 Å². The van der Waals surface area contributed by atoms with Gasteiger partial charge in [-0.15, -0.1) is 0 Å². The molecule has 3 heterocycles. The fraction of sp³-hybridized carbons (Fsp3) is 0.136. The average Bonchev–Trinajstić information content (AvgIpc) is 3.42. The molecule has 5 aromatic rings. The third-order valence-corrected chi connectivity index (χ3v) is 5.57. The van der Waals surface area contributed by atoms with Crippen molar-refractivity contribution < 1.29 is 9.18 Å². The van der Waals surface area contributed by atoms with E-state index in [2.05, 4.69) is 30.2 Å². The predicted molar refractivity (Wildman–Crippen MR) is 120 cm³/mol. The van der Waals surface area contributed by atoms with Gasteiger partial charge in [-0.25, -0.2) is 19.2 Å². The number of fused-ring (bicyclic) bond motifs is 2. The van der Waals surface area contributed by atoms with Crippen molar-refractivity contribution in [1.29, 1.82) is 0 Å². The van der Waals surface area contributed by atoms with Crippen LogP contribution in [0.1, 0.15) is 13.8 Å². The topological polar surface area (TPSA) is 141 Å². The maximum Gasteiger partial charge on any atom is 0.327 e. The van der Waals surface area contributed by atoms with Crippen LogP contribution >= 0.6 is 0 Å². The number of aromatic amines is 3. The first-order valence-electron chi connectivity index (χ1n) is 10.00. The Balaban J connectivity index is 1.47. The Kier molecular flexibility index (Phi) is 4.48. The molecule has 0 saturated carbocycles. The zero-order valence-corrected chi connectivity index (χ0v) is 17.6. The van der Waals surface area contributed by atoms with E-state index in [-0.39, 0.29) is 22.9 Å². The Hall–Kier alpha value is -4.54. The maximum atomic E-state index is 14.2. The van der Waals surface area contributed by atoms with Gasteiger partial charge in [0, 0.05) is 10.9 Å². The number of nitrogens with one attached hydrogen (secondary N) is 4. The number of benzene rings is 2. The second kappa shape index (κ2) is 7.26. The van der Waals surface area contributed by atoms with Crippen LogP contribution < -0.4 is 16.6 Å². The third-order valence-electron chi connectivity index (χ3n) is 5.57. The summed E-state index contributed by atoms with van der Waals surface area (Å²) in [7, 11) is 0. The number of imidazole rings is 2. The van der Waals surface area contributed by atoms with Crippen molar-refractivity contribution in [2.45, 2.75) is 19.4 Å². The van der Waals surface area contributed by atoms with Gasteiger partial charge in [-0.3, -0.25) is 24.9 Å². The molecule has 5 rings (SSSR count). The van der Waals surface area contributed by atoms with Crippen LogP contribution in [0.25, 0.3) is 33.2 Å². The Labute approximate surface area is 184 Å². The molecule has 0 radical (unpaired) electrons. The average molecular weight is 447 g/mol. The Morgan fingerprint density at radius 2 is 1.79 bits per heavy atom. The number of hydrogen-bond acceptors (Lipinski definition) is 5. The molecule has 0 fully saturated rings. The van der Waals surface area contributed by atoms with E-state index in [9.17, 15) is 18.8 Å². The lowest BCUT2D eigenvalue weighted by Crippen LogP contribution is -2.40. The number of amides is 1. The molecule has 2 aromatic carbocycles. The fourth-order valence-corrected chi connectivity index (χ4v) is 3.75. The molecule has 0 aliphatic carbocycles. The van der Waals surface area contributed by atoms with Crippen LogP contribution in [0.2, 0.25) is 0 Å². The molecule has 0 saturated heterocycles. The molecule has 11 heteroatoms. The molecular formula is C22H18FN7O3. The number of carbonyl (C=O) groups is 1. The highest BCUT2D eigenvalue weighted by Gasteiger charge is 2.32. The molecule has 1 amide bonds. The van der Waals surface area contributed by atoms with Gasteiger partial charge in [-0.1, -0.05) is 24.3 Å². The largest absolute Gasteiger partial charge is 0.327 e. The van der Waals surface area contributed by atoms with Crippen LogP contribution in [0.4, 0.5) is 10.3 Å². The summed E-state index contributed by atoms with van der Waals surface area (Å²) in [5, 5.41) is 3.89. The smallest absolute Gasteiger partial charge is 0.324 e. The van der Waals surface area contributed by atoms with E-state index in [1.807, 2.05) is 12.1 Å². The van der Waals surface area contributed by atoms with Crippen molar-refractivity contribution in [3.63, 3.8) is 0 Å². The van der Waals surface area contributed by atoms with Crippen molar-refractivity contribution in [3.05, 3.63) is 75.6 Å². The van der Waals surface area contributed by atoms with Crippen molar-refractivity contribution in [3.8, 4) is 11.3 Å². The van der Waals surface area contributed by atoms with Gasteiger partial charge in [-0.2, -0.15) is 0 Å². The van der Waals surface area contributed by atoms with E-state index < -0.39 is 22.7 Å². The molecule has 0 spiro atoms. The van der Waals surface area contributed by atoms with Gasteiger partial charge < -0.3 is 9.55 Å². The molecule has 0 aliphatic rings. The SMILES string of the molecule is CC(C)(C(=O)Nc1ncc(-c2ccc(F)c3ccccc23)[nH]1)n1cnc2c(=O)[nH]c(=O)[nH]c21. The molecule has 0 atom stereocenters. The lowest BCUT2D eigenvalue weighted by atomic mass is 10.0. The van der Waals surface area contributed by atoms with Gasteiger partial charge >= 0.3 is 5.69 Å². The first-order chi connectivity index (χ1) is 15.8. The van der Waals surface area contributed by atoms with Gasteiger partial charge in [0.05, 0.1) is 18.2 Å². The van der Waals surface area contributed by atoms with E-state index in [1.165, 1.54) is 17.0 Å². The summed E-state index contributed by atoms with van der Waals surface area (Å²) < 4.78 is 15.6. The molecule has 33 heavy (non-hydrogen) atoms. The molecule has 166 valence electrons. The summed E-state index contributed by atoms with van der Waals surface area (Å²) in [4.78, 5) is 52.7. The normalized spacial score (nSPS) is 11.8. The van der Waals surface area contributed by atoms with Crippen LogP contribution in [0.5, 0.6) is 0 Å². The molecule has 0 aliphatic heterocycles. The summed E-state index contributed by atoms with van der Waals surface area (Å²) in [6.07, 6.45) is 2.86. The third kappa shape index (κ3) is 3.30. The van der Waals surface area contributed by atoms with Crippen LogP contribution in [0.15, 0.2) is 58.5 Å². The number of nitrogens with zero attached hydrogens (tertiary/aromatic N) is 3. The molecule has 3 aromatic heterocycles. The Morgan fingerprint density at radius 3 is 2.58 bits per heavy atom. The van der Waals surface area contributed by atoms with Crippen LogP contribution in [0, 0.1) is 5.82 Å². The second-order valence-electron chi connectivity index (χ2n) is 8.02. The minimum atomic E-state index is -1.24. The first kappa shape index (κ1) is 20.4. The lowest BCUT2D eigenvalue weighted by Gasteiger charge is -2.25. The summed E-state index contributed by atoms with van der Waals surface area (Å²) >= 11 is 0. The summed E-state index contributed by atoms with van der Waals surface area (Å²) in [5.74, 6) is -0.603. The van der Waals surface area contributed by atoms with Crippen LogP contribution in [-0.4, -0.2) is 35.4 Å². The molecule has 0 unspecified atom stereocenters. The highest BCUT2D eigenvalue weighted by molar-refractivity contribution is 5.98. The number of hydrogen-bond donors (Lipinski definition) is 4. The van der Waals surface area contributed by atoms with E-state index in [4.69, 9.17) is 0 Å². The minimum absolute atomic E-state index is 0.0129. The standard InChI is InChI=1S/C22H18FN7O3/c1-22(2,30-10-25-16-17(30)27-21(33)28-18(16)31)19(32)29-20-24-9-15(26-20)13-7-8-14(23)12-6-4-3-5-11(12)13/h3-10H,1-2H3,(H2,24,26,29,32)(H2,27,28,31,33). The zero-order valence-electron chi connectivity index (χ0n) is 17.6. The van der Waals surface area contributed by atoms with E-state index in [0.29, 0.717) is 16.5 Å². The number of halogens is 1. The monoisotopic (exact) mass is 447 g/mol. The van der Waals surface area contributed by atoms with Crippen molar-refractivity contribution >= 4 is 33.8 Å². The van der Waals surface area contributed by atoms with Gasteiger partial charge in [-0.05, 0) is 31.4 Å². The maximum absolute atomic E-state index is 14.2. The summed E-state index contributed by atoms with van der Waals surface area (Å²) in [5.41, 5.74) is -1.11. The number of anilines is 1. The highest BCUT2D eigenvalue weighted by atomic mass is 19.1. The Morgan fingerprint density at radius 1 is 1.03 bits per heavy atom. The summed E-state index contributed by atoms with van der Waals surface area (Å²) in [6.45, 7) is 3.22. The van der Waals surface area contributed by atoms with Crippen LogP contribution in [-0.2, 0) is 10.3 Å². The molecule has 0 bridgehead atoms. The first-order valence-corrected chi connectivity index (χ1v) is 10.00. The molecule has 4 N–H and O–H groups in total. The second-order valence-corrected chi connectivity index (χ2v) is 8.02. The van der Waals surface area contributed by atoms with E-state index >= 15 is 0 Å².